The van der Waals surface area contributed by atoms with Gasteiger partial charge in [0.25, 0.3) is 11.8 Å². The number of hydrogen-bond donors (Lipinski definition) is 1. The van der Waals surface area contributed by atoms with Crippen LogP contribution in [0, 0.1) is 5.92 Å². The highest BCUT2D eigenvalue weighted by Crippen LogP contribution is 2.28. The van der Waals surface area contributed by atoms with Crippen LogP contribution in [-0.2, 0) is 10.0 Å². The zero-order chi connectivity index (χ0) is 24.9. The van der Waals surface area contributed by atoms with Crippen molar-refractivity contribution in [2.45, 2.75) is 38.5 Å². The molecular formula is C25H33N3O5S. The Balaban J connectivity index is 1.92. The van der Waals surface area contributed by atoms with Crippen LogP contribution in [0.4, 0.5) is 5.69 Å². The molecule has 0 bridgehead atoms. The van der Waals surface area contributed by atoms with Crippen LogP contribution >= 0.6 is 0 Å². The molecule has 1 heterocycles. The highest BCUT2D eigenvalue weighted by molar-refractivity contribution is 7.89. The second kappa shape index (κ2) is 11.0. The number of carbonyl (C=O) groups excluding carboxylic acids is 2. The Kier molecular flexibility index (Phi) is 8.33. The summed E-state index contributed by atoms with van der Waals surface area (Å²) >= 11 is 0. The van der Waals surface area contributed by atoms with Gasteiger partial charge in [-0.2, -0.15) is 4.31 Å². The van der Waals surface area contributed by atoms with E-state index in [0.29, 0.717) is 43.3 Å². The van der Waals surface area contributed by atoms with Gasteiger partial charge in [0.1, 0.15) is 5.75 Å². The van der Waals surface area contributed by atoms with Crippen LogP contribution in [0.2, 0.25) is 0 Å². The molecular weight excluding hydrogens is 454 g/mol. The molecule has 8 nitrogen and oxygen atoms in total. The zero-order valence-electron chi connectivity index (χ0n) is 20.2. The van der Waals surface area contributed by atoms with E-state index in [-0.39, 0.29) is 22.1 Å². The first-order valence-electron chi connectivity index (χ1n) is 11.6. The Hall–Kier alpha value is -2.91. The standard InChI is InChI=1S/C25H33N3O5S/c1-5-27(6-2)25(30)20-9-7-8-10-22(20)26-24(29)21-17-19(11-12-23(21)33-4)34(31,32)28-15-13-18(3)14-16-28/h7-12,17-18H,5-6,13-16H2,1-4H3,(H,26,29). The lowest BCUT2D eigenvalue weighted by atomic mass is 10.0. The summed E-state index contributed by atoms with van der Waals surface area (Å²) in [6.07, 6.45) is 1.61. The van der Waals surface area contributed by atoms with E-state index in [1.165, 1.54) is 29.6 Å². The van der Waals surface area contributed by atoms with Crippen molar-refractivity contribution in [3.8, 4) is 5.75 Å². The van der Waals surface area contributed by atoms with E-state index in [4.69, 9.17) is 4.74 Å². The third-order valence-corrected chi connectivity index (χ3v) is 8.15. The number of anilines is 1. The SMILES string of the molecule is CCN(CC)C(=O)c1ccccc1NC(=O)c1cc(S(=O)(=O)N2CCC(C)CC2)ccc1OC. The Morgan fingerprint density at radius 1 is 1.06 bits per heavy atom. The number of hydrogen-bond acceptors (Lipinski definition) is 5. The minimum Gasteiger partial charge on any atom is -0.496 e. The topological polar surface area (TPSA) is 96.0 Å². The summed E-state index contributed by atoms with van der Waals surface area (Å²) in [5.41, 5.74) is 0.800. The van der Waals surface area contributed by atoms with Crippen LogP contribution in [0.25, 0.3) is 0 Å². The minimum atomic E-state index is -3.74. The molecule has 0 spiro atoms. The summed E-state index contributed by atoms with van der Waals surface area (Å²) < 4.78 is 33.2. The number of methoxy groups -OCH3 is 1. The molecule has 1 aliphatic rings. The van der Waals surface area contributed by atoms with Gasteiger partial charge in [0, 0.05) is 26.2 Å². The maximum atomic E-state index is 13.3. The third-order valence-electron chi connectivity index (χ3n) is 6.25. The normalized spacial score (nSPS) is 15.1. The smallest absolute Gasteiger partial charge is 0.259 e. The van der Waals surface area contributed by atoms with Crippen LogP contribution in [0.15, 0.2) is 47.4 Å². The molecule has 0 aliphatic carbocycles. The molecule has 1 N–H and O–H groups in total. The molecule has 3 rings (SSSR count). The highest BCUT2D eigenvalue weighted by Gasteiger charge is 2.29. The van der Waals surface area contributed by atoms with E-state index in [9.17, 15) is 18.0 Å². The van der Waals surface area contributed by atoms with Gasteiger partial charge in [-0.15, -0.1) is 0 Å². The lowest BCUT2D eigenvalue weighted by molar-refractivity contribution is 0.0774. The number of para-hydroxylation sites is 1. The number of sulfonamides is 1. The Bertz CT molecular complexity index is 1140. The summed E-state index contributed by atoms with van der Waals surface area (Å²) in [4.78, 5) is 27.9. The number of amides is 2. The van der Waals surface area contributed by atoms with Gasteiger partial charge >= 0.3 is 0 Å². The lowest BCUT2D eigenvalue weighted by Crippen LogP contribution is -2.38. The Labute approximate surface area is 201 Å². The first kappa shape index (κ1) is 25.7. The molecule has 0 radical (unpaired) electrons. The van der Waals surface area contributed by atoms with Crippen LogP contribution in [0.1, 0.15) is 54.3 Å². The summed E-state index contributed by atoms with van der Waals surface area (Å²) in [5.74, 6) is -0.0106. The fraction of sp³-hybridized carbons (Fsp3) is 0.440. The maximum absolute atomic E-state index is 13.3. The van der Waals surface area contributed by atoms with Gasteiger partial charge in [-0.1, -0.05) is 19.1 Å². The molecule has 0 unspecified atom stereocenters. The van der Waals surface area contributed by atoms with E-state index >= 15 is 0 Å². The maximum Gasteiger partial charge on any atom is 0.259 e. The Morgan fingerprint density at radius 2 is 1.71 bits per heavy atom. The predicted molar refractivity (Wildman–Crippen MR) is 132 cm³/mol. The van der Waals surface area contributed by atoms with E-state index in [1.807, 2.05) is 13.8 Å². The monoisotopic (exact) mass is 487 g/mol. The lowest BCUT2D eigenvalue weighted by Gasteiger charge is -2.29. The molecule has 2 aromatic carbocycles. The third kappa shape index (κ3) is 5.42. The van der Waals surface area contributed by atoms with E-state index in [1.54, 1.807) is 29.2 Å². The van der Waals surface area contributed by atoms with Crippen molar-refractivity contribution in [2.75, 3.05) is 38.6 Å². The van der Waals surface area contributed by atoms with Gasteiger partial charge in [-0.05, 0) is 62.9 Å². The number of nitrogens with one attached hydrogen (secondary N) is 1. The summed E-state index contributed by atoms with van der Waals surface area (Å²) in [6.45, 7) is 7.89. The first-order chi connectivity index (χ1) is 16.2. The van der Waals surface area contributed by atoms with Crippen molar-refractivity contribution in [3.05, 3.63) is 53.6 Å². The molecule has 1 fully saturated rings. The van der Waals surface area contributed by atoms with Crippen LogP contribution < -0.4 is 10.1 Å². The summed E-state index contributed by atoms with van der Waals surface area (Å²) in [5, 5.41) is 2.77. The summed E-state index contributed by atoms with van der Waals surface area (Å²) in [6, 6.07) is 11.1. The number of ether oxygens (including phenoxy) is 1. The molecule has 1 aliphatic heterocycles. The minimum absolute atomic E-state index is 0.0421. The van der Waals surface area contributed by atoms with E-state index < -0.39 is 15.9 Å². The molecule has 34 heavy (non-hydrogen) atoms. The quantitative estimate of drug-likeness (QED) is 0.610. The molecule has 0 saturated carbocycles. The van der Waals surface area contributed by atoms with Crippen LogP contribution in [0.3, 0.4) is 0 Å². The van der Waals surface area contributed by atoms with Crippen LogP contribution in [0.5, 0.6) is 5.75 Å². The zero-order valence-corrected chi connectivity index (χ0v) is 21.0. The second-order valence-corrected chi connectivity index (χ2v) is 10.4. The van der Waals surface area contributed by atoms with Crippen molar-refractivity contribution < 1.29 is 22.7 Å². The number of piperidine rings is 1. The van der Waals surface area contributed by atoms with Gasteiger partial charge in [0.15, 0.2) is 0 Å². The van der Waals surface area contributed by atoms with Gasteiger partial charge in [0.2, 0.25) is 10.0 Å². The molecule has 184 valence electrons. The largest absolute Gasteiger partial charge is 0.496 e. The van der Waals surface area contributed by atoms with Crippen molar-refractivity contribution >= 4 is 27.5 Å². The second-order valence-electron chi connectivity index (χ2n) is 8.43. The average Bonchev–Trinajstić information content (AvgIpc) is 2.84. The fourth-order valence-corrected chi connectivity index (χ4v) is 5.55. The molecule has 9 heteroatoms. The molecule has 1 saturated heterocycles. The number of nitrogens with zero attached hydrogens (tertiary/aromatic N) is 2. The average molecular weight is 488 g/mol. The summed E-state index contributed by atoms with van der Waals surface area (Å²) in [7, 11) is -2.32. The molecule has 2 aromatic rings. The molecule has 2 amide bonds. The number of rotatable bonds is 8. The Morgan fingerprint density at radius 3 is 2.32 bits per heavy atom. The number of benzene rings is 2. The van der Waals surface area contributed by atoms with E-state index in [0.717, 1.165) is 12.8 Å². The van der Waals surface area contributed by atoms with Crippen LogP contribution in [-0.4, -0.2) is 62.7 Å². The predicted octanol–water partition coefficient (Wildman–Crippen LogP) is 3.85. The highest BCUT2D eigenvalue weighted by atomic mass is 32.2. The fourth-order valence-electron chi connectivity index (χ4n) is 4.05. The first-order valence-corrected chi connectivity index (χ1v) is 13.0. The van der Waals surface area contributed by atoms with Crippen molar-refractivity contribution in [1.82, 2.24) is 9.21 Å². The molecule has 0 aromatic heterocycles. The van der Waals surface area contributed by atoms with Crippen molar-refractivity contribution in [2.24, 2.45) is 5.92 Å². The molecule has 0 atom stereocenters. The van der Waals surface area contributed by atoms with Gasteiger partial charge in [-0.25, -0.2) is 8.42 Å². The van der Waals surface area contributed by atoms with Crippen molar-refractivity contribution in [3.63, 3.8) is 0 Å². The van der Waals surface area contributed by atoms with Crippen molar-refractivity contribution in [1.29, 1.82) is 0 Å². The van der Waals surface area contributed by atoms with E-state index in [2.05, 4.69) is 12.2 Å². The van der Waals surface area contributed by atoms with Gasteiger partial charge in [0.05, 0.1) is 28.8 Å². The van der Waals surface area contributed by atoms with Gasteiger partial charge < -0.3 is 15.0 Å². The van der Waals surface area contributed by atoms with Gasteiger partial charge in [-0.3, -0.25) is 9.59 Å². The number of carbonyl (C=O) groups is 2.